The fourth-order valence-corrected chi connectivity index (χ4v) is 1.37. The Hall–Kier alpha value is -0.240. The van der Waals surface area contributed by atoms with Gasteiger partial charge in [0.1, 0.15) is 24.4 Å². The molecule has 4 N–H and O–H groups in total. The average Bonchev–Trinajstić information content (AvgIpc) is 2.19. The van der Waals surface area contributed by atoms with E-state index in [1.165, 1.54) is 0 Å². The van der Waals surface area contributed by atoms with Gasteiger partial charge in [-0.3, -0.25) is 0 Å². The zero-order valence-electron chi connectivity index (χ0n) is 7.91. The fraction of sp³-hybridized carbons (Fsp3) is 1.00. The number of hydrogen-bond acceptors (Lipinski definition) is 6. The van der Waals surface area contributed by atoms with Crippen molar-refractivity contribution in [2.24, 2.45) is 0 Å². The Morgan fingerprint density at radius 3 is 2.29 bits per heavy atom. The molecule has 0 unspecified atom stereocenters. The SMILES string of the molecule is CCO[C@@H]1O[C@H](CO)[C@@H](O)[C@@H](O)[C@@H]1O. The second kappa shape index (κ2) is 5.01. The monoisotopic (exact) mass is 208 g/mol. The number of hydrogen-bond donors (Lipinski definition) is 4. The van der Waals surface area contributed by atoms with Gasteiger partial charge in [0, 0.05) is 6.61 Å². The van der Waals surface area contributed by atoms with E-state index in [4.69, 9.17) is 14.6 Å². The van der Waals surface area contributed by atoms with Crippen molar-refractivity contribution in [2.75, 3.05) is 13.2 Å². The standard InChI is InChI=1S/C8H16O6/c1-2-13-8-7(12)6(11)5(10)4(3-9)14-8/h4-12H,2-3H2,1H3/t4-,5-,6-,7+,8-/m1/s1. The minimum Gasteiger partial charge on any atom is -0.394 e. The van der Waals surface area contributed by atoms with E-state index < -0.39 is 37.3 Å². The molecule has 0 spiro atoms. The summed E-state index contributed by atoms with van der Waals surface area (Å²) in [6, 6.07) is 0. The highest BCUT2D eigenvalue weighted by Gasteiger charge is 2.43. The van der Waals surface area contributed by atoms with E-state index in [1.54, 1.807) is 6.92 Å². The molecule has 0 aromatic carbocycles. The summed E-state index contributed by atoms with van der Waals surface area (Å²) < 4.78 is 10.0. The maximum atomic E-state index is 9.41. The first kappa shape index (κ1) is 11.8. The van der Waals surface area contributed by atoms with Crippen LogP contribution in [0.1, 0.15) is 6.92 Å². The van der Waals surface area contributed by atoms with E-state index in [-0.39, 0.29) is 0 Å². The van der Waals surface area contributed by atoms with Crippen LogP contribution in [0.4, 0.5) is 0 Å². The Bertz CT molecular complexity index is 171. The Balaban J connectivity index is 2.63. The number of rotatable bonds is 3. The van der Waals surface area contributed by atoms with Crippen LogP contribution >= 0.6 is 0 Å². The van der Waals surface area contributed by atoms with Crippen LogP contribution in [0.15, 0.2) is 0 Å². The highest BCUT2D eigenvalue weighted by molar-refractivity contribution is 4.88. The van der Waals surface area contributed by atoms with Gasteiger partial charge in [-0.05, 0) is 6.92 Å². The first-order valence-corrected chi connectivity index (χ1v) is 4.54. The topological polar surface area (TPSA) is 99.4 Å². The Labute approximate surface area is 81.7 Å². The molecule has 5 atom stereocenters. The van der Waals surface area contributed by atoms with E-state index in [1.807, 2.05) is 0 Å². The van der Waals surface area contributed by atoms with Crippen molar-refractivity contribution in [3.8, 4) is 0 Å². The molecule has 1 heterocycles. The van der Waals surface area contributed by atoms with Crippen LogP contribution in [0.3, 0.4) is 0 Å². The largest absolute Gasteiger partial charge is 0.394 e. The molecular weight excluding hydrogens is 192 g/mol. The molecule has 6 heteroatoms. The van der Waals surface area contributed by atoms with Gasteiger partial charge in [-0.1, -0.05) is 0 Å². The average molecular weight is 208 g/mol. The van der Waals surface area contributed by atoms with Gasteiger partial charge < -0.3 is 29.9 Å². The molecule has 6 nitrogen and oxygen atoms in total. The van der Waals surface area contributed by atoms with E-state index in [9.17, 15) is 15.3 Å². The zero-order valence-corrected chi connectivity index (χ0v) is 7.91. The molecule has 1 aliphatic heterocycles. The molecule has 0 aliphatic carbocycles. The molecular formula is C8H16O6. The van der Waals surface area contributed by atoms with Gasteiger partial charge >= 0.3 is 0 Å². The van der Waals surface area contributed by atoms with E-state index >= 15 is 0 Å². The summed E-state index contributed by atoms with van der Waals surface area (Å²) in [6.07, 6.45) is -5.89. The molecule has 1 aliphatic rings. The van der Waals surface area contributed by atoms with Crippen LogP contribution in [0, 0.1) is 0 Å². The van der Waals surface area contributed by atoms with Gasteiger partial charge in [0.25, 0.3) is 0 Å². The predicted octanol–water partition coefficient (Wildman–Crippen LogP) is -2.18. The van der Waals surface area contributed by atoms with Crippen molar-refractivity contribution in [3.05, 3.63) is 0 Å². The molecule has 0 amide bonds. The van der Waals surface area contributed by atoms with Gasteiger partial charge in [0.05, 0.1) is 6.61 Å². The minimum absolute atomic E-state index is 0.308. The van der Waals surface area contributed by atoms with Gasteiger partial charge in [-0.2, -0.15) is 0 Å². The Morgan fingerprint density at radius 2 is 1.79 bits per heavy atom. The van der Waals surface area contributed by atoms with Crippen molar-refractivity contribution in [1.82, 2.24) is 0 Å². The van der Waals surface area contributed by atoms with Crippen molar-refractivity contribution in [2.45, 2.75) is 37.6 Å². The normalized spacial score (nSPS) is 43.9. The quantitative estimate of drug-likeness (QED) is 0.421. The van der Waals surface area contributed by atoms with Crippen LogP contribution < -0.4 is 0 Å². The zero-order chi connectivity index (χ0) is 10.7. The van der Waals surface area contributed by atoms with E-state index in [0.717, 1.165) is 0 Å². The second-order valence-corrected chi connectivity index (χ2v) is 3.15. The first-order valence-electron chi connectivity index (χ1n) is 4.54. The van der Waals surface area contributed by atoms with Gasteiger partial charge in [-0.25, -0.2) is 0 Å². The van der Waals surface area contributed by atoms with Crippen LogP contribution in [0.5, 0.6) is 0 Å². The molecule has 1 saturated heterocycles. The third kappa shape index (κ3) is 2.22. The first-order chi connectivity index (χ1) is 6.61. The van der Waals surface area contributed by atoms with Crippen molar-refractivity contribution in [3.63, 3.8) is 0 Å². The lowest BCUT2D eigenvalue weighted by Gasteiger charge is -2.39. The fourth-order valence-electron chi connectivity index (χ4n) is 1.37. The maximum Gasteiger partial charge on any atom is 0.186 e. The lowest BCUT2D eigenvalue weighted by molar-refractivity contribution is -0.300. The third-order valence-electron chi connectivity index (χ3n) is 2.18. The van der Waals surface area contributed by atoms with Gasteiger partial charge in [0.15, 0.2) is 6.29 Å². The lowest BCUT2D eigenvalue weighted by Crippen LogP contribution is -2.59. The molecule has 1 fully saturated rings. The van der Waals surface area contributed by atoms with Crippen LogP contribution in [0.25, 0.3) is 0 Å². The maximum absolute atomic E-state index is 9.41. The lowest BCUT2D eigenvalue weighted by atomic mass is 9.99. The molecule has 0 aromatic rings. The summed E-state index contributed by atoms with van der Waals surface area (Å²) in [5.74, 6) is 0. The van der Waals surface area contributed by atoms with Crippen LogP contribution in [0.2, 0.25) is 0 Å². The van der Waals surface area contributed by atoms with Crippen molar-refractivity contribution >= 4 is 0 Å². The summed E-state index contributed by atoms with van der Waals surface area (Å²) in [4.78, 5) is 0. The highest BCUT2D eigenvalue weighted by Crippen LogP contribution is 2.21. The van der Waals surface area contributed by atoms with Crippen molar-refractivity contribution in [1.29, 1.82) is 0 Å². The van der Waals surface area contributed by atoms with Crippen molar-refractivity contribution < 1.29 is 29.9 Å². The Kier molecular flexibility index (Phi) is 4.24. The summed E-state index contributed by atoms with van der Waals surface area (Å²) >= 11 is 0. The smallest absolute Gasteiger partial charge is 0.186 e. The number of aliphatic hydroxyl groups is 4. The van der Waals surface area contributed by atoms with Gasteiger partial charge in [0.2, 0.25) is 0 Å². The summed E-state index contributed by atoms with van der Waals surface area (Å²) in [7, 11) is 0. The molecule has 14 heavy (non-hydrogen) atoms. The molecule has 84 valence electrons. The molecule has 0 radical (unpaired) electrons. The van der Waals surface area contributed by atoms with E-state index in [2.05, 4.69) is 0 Å². The number of ether oxygens (including phenoxy) is 2. The molecule has 0 aromatic heterocycles. The molecule has 1 rings (SSSR count). The van der Waals surface area contributed by atoms with E-state index in [0.29, 0.717) is 6.61 Å². The summed E-state index contributed by atoms with van der Waals surface area (Å²) in [5.41, 5.74) is 0. The summed E-state index contributed by atoms with van der Waals surface area (Å²) in [5, 5.41) is 36.9. The van der Waals surface area contributed by atoms with Crippen LogP contribution in [-0.2, 0) is 9.47 Å². The summed E-state index contributed by atoms with van der Waals surface area (Å²) in [6.45, 7) is 1.58. The van der Waals surface area contributed by atoms with Crippen LogP contribution in [-0.4, -0.2) is 64.3 Å². The highest BCUT2D eigenvalue weighted by atomic mass is 16.7. The predicted molar refractivity (Wildman–Crippen MR) is 45.4 cm³/mol. The second-order valence-electron chi connectivity index (χ2n) is 3.15. The minimum atomic E-state index is -1.36. The molecule has 0 saturated carbocycles. The number of aliphatic hydroxyl groups excluding tert-OH is 4. The third-order valence-corrected chi connectivity index (χ3v) is 2.18. The Morgan fingerprint density at radius 1 is 1.14 bits per heavy atom. The van der Waals surface area contributed by atoms with Gasteiger partial charge in [-0.15, -0.1) is 0 Å². The molecule has 0 bridgehead atoms.